The van der Waals surface area contributed by atoms with Gasteiger partial charge in [-0.2, -0.15) is 0 Å². The van der Waals surface area contributed by atoms with E-state index in [4.69, 9.17) is 4.42 Å². The van der Waals surface area contributed by atoms with Gasteiger partial charge in [-0.25, -0.2) is 0 Å². The van der Waals surface area contributed by atoms with Gasteiger partial charge in [0, 0.05) is 34.5 Å². The van der Waals surface area contributed by atoms with Crippen molar-refractivity contribution >= 4 is 33.2 Å². The van der Waals surface area contributed by atoms with Gasteiger partial charge < -0.3 is 9.73 Å². The average Bonchev–Trinajstić information content (AvgIpc) is 3.23. The Morgan fingerprint density at radius 3 is 2.49 bits per heavy atom. The second-order valence-corrected chi connectivity index (χ2v) is 10.9. The first-order valence-corrected chi connectivity index (χ1v) is 14.5. The maximum Gasteiger partial charge on any atom is 0.135 e. The Balaban J connectivity index is 1.04. The van der Waals surface area contributed by atoms with Gasteiger partial charge in [0.1, 0.15) is 11.2 Å². The van der Waals surface area contributed by atoms with Crippen LogP contribution in [0.4, 0.5) is 5.69 Å². The van der Waals surface area contributed by atoms with Crippen LogP contribution in [0.15, 0.2) is 161 Å². The monoisotopic (exact) mass is 531 g/mol. The Kier molecular flexibility index (Phi) is 6.97. The molecule has 1 atom stereocenters. The van der Waals surface area contributed by atoms with Crippen LogP contribution in [0, 0.1) is 0 Å². The standard InChI is InChI=1S/C39H33NO/c1-2-4-11-31-26-32(15-7-12-28(31)10-3-1)30-20-23-35(24-21-30)40-34-16-8-13-29(14-9-17-34)33-22-25-39-37(27-33)36-18-5-6-19-38(36)41-39/h1-2,5-16,18-25,27,29,40H,3-4,17,26H2/b2-1-,13-8-,14-9-,28-10-,31-11-,34-16+. The summed E-state index contributed by atoms with van der Waals surface area (Å²) < 4.78 is 6.02. The maximum atomic E-state index is 6.02. The van der Waals surface area contributed by atoms with E-state index in [2.05, 4.69) is 133 Å². The fourth-order valence-corrected chi connectivity index (χ4v) is 5.91. The quantitative estimate of drug-likeness (QED) is 0.265. The van der Waals surface area contributed by atoms with Crippen LogP contribution < -0.4 is 5.32 Å². The van der Waals surface area contributed by atoms with Gasteiger partial charge in [0.05, 0.1) is 0 Å². The fourth-order valence-electron chi connectivity index (χ4n) is 5.91. The van der Waals surface area contributed by atoms with E-state index in [0.29, 0.717) is 0 Å². The van der Waals surface area contributed by atoms with Crippen molar-refractivity contribution in [3.8, 4) is 0 Å². The molecule has 0 bridgehead atoms. The summed E-state index contributed by atoms with van der Waals surface area (Å²) in [5.74, 6) is 0.228. The lowest BCUT2D eigenvalue weighted by Gasteiger charge is -2.15. The van der Waals surface area contributed by atoms with E-state index in [9.17, 15) is 0 Å². The first-order chi connectivity index (χ1) is 20.3. The Morgan fingerprint density at radius 2 is 1.56 bits per heavy atom. The number of hydrogen-bond acceptors (Lipinski definition) is 2. The Labute approximate surface area is 241 Å². The Bertz CT molecular complexity index is 1850. The van der Waals surface area contributed by atoms with Gasteiger partial charge in [-0.3, -0.25) is 0 Å². The van der Waals surface area contributed by atoms with E-state index >= 15 is 0 Å². The van der Waals surface area contributed by atoms with Crippen molar-refractivity contribution in [2.75, 3.05) is 5.32 Å². The maximum absolute atomic E-state index is 6.02. The van der Waals surface area contributed by atoms with Crippen LogP contribution in [0.2, 0.25) is 0 Å². The summed E-state index contributed by atoms with van der Waals surface area (Å²) in [4.78, 5) is 0. The summed E-state index contributed by atoms with van der Waals surface area (Å²) in [5, 5.41) is 5.98. The second kappa shape index (κ2) is 11.3. The molecule has 0 amide bonds. The SMILES string of the molecule is C1=CC2=C/C/C=C\C/C=C\2CC(c2ccc(N/C3=C/C=C\C(c4ccc5oc6ccccc6c5c4)/C=C\C3)cc2)=C1. The molecule has 200 valence electrons. The molecule has 3 aliphatic rings. The highest BCUT2D eigenvalue weighted by Gasteiger charge is 2.13. The topological polar surface area (TPSA) is 25.2 Å². The molecule has 0 saturated heterocycles. The van der Waals surface area contributed by atoms with Crippen LogP contribution >= 0.6 is 0 Å². The lowest BCUT2D eigenvalue weighted by atomic mass is 9.93. The van der Waals surface area contributed by atoms with Crippen LogP contribution in [-0.4, -0.2) is 0 Å². The zero-order chi connectivity index (χ0) is 27.4. The van der Waals surface area contributed by atoms with Gasteiger partial charge in [0.25, 0.3) is 0 Å². The summed E-state index contributed by atoms with van der Waals surface area (Å²) >= 11 is 0. The van der Waals surface area contributed by atoms with Crippen molar-refractivity contribution in [3.63, 3.8) is 0 Å². The highest BCUT2D eigenvalue weighted by atomic mass is 16.3. The van der Waals surface area contributed by atoms with Crippen LogP contribution in [0.1, 0.15) is 42.7 Å². The molecule has 0 aliphatic heterocycles. The molecule has 1 aromatic heterocycles. The molecule has 2 heteroatoms. The smallest absolute Gasteiger partial charge is 0.135 e. The van der Waals surface area contributed by atoms with E-state index < -0.39 is 0 Å². The van der Waals surface area contributed by atoms with Crippen molar-refractivity contribution in [3.05, 3.63) is 168 Å². The van der Waals surface area contributed by atoms with E-state index in [1.165, 1.54) is 44.3 Å². The number of anilines is 1. The lowest BCUT2D eigenvalue weighted by molar-refractivity contribution is 0.669. The molecule has 1 heterocycles. The van der Waals surface area contributed by atoms with Crippen LogP contribution in [0.5, 0.6) is 0 Å². The number of rotatable bonds is 4. The zero-order valence-electron chi connectivity index (χ0n) is 23.1. The molecule has 0 saturated carbocycles. The first-order valence-electron chi connectivity index (χ1n) is 14.5. The zero-order valence-corrected chi connectivity index (χ0v) is 23.1. The largest absolute Gasteiger partial charge is 0.456 e. The molecule has 4 aromatic rings. The number of allylic oxidation sites excluding steroid dienone is 15. The third-order valence-electron chi connectivity index (χ3n) is 8.11. The molecule has 0 fully saturated rings. The van der Waals surface area contributed by atoms with Crippen molar-refractivity contribution in [1.82, 2.24) is 0 Å². The second-order valence-electron chi connectivity index (χ2n) is 10.9. The molecule has 1 unspecified atom stereocenters. The van der Waals surface area contributed by atoms with Crippen molar-refractivity contribution in [1.29, 1.82) is 0 Å². The molecular weight excluding hydrogens is 498 g/mol. The third kappa shape index (κ3) is 5.47. The molecule has 0 radical (unpaired) electrons. The van der Waals surface area contributed by atoms with Gasteiger partial charge in [-0.15, -0.1) is 0 Å². The van der Waals surface area contributed by atoms with Crippen LogP contribution in [0.3, 0.4) is 0 Å². The number of furan rings is 1. The van der Waals surface area contributed by atoms with Gasteiger partial charge in [0.2, 0.25) is 0 Å². The molecular formula is C39H33NO. The number of benzene rings is 3. The summed E-state index contributed by atoms with van der Waals surface area (Å²) in [6.45, 7) is 0. The van der Waals surface area contributed by atoms with Gasteiger partial charge in [-0.1, -0.05) is 103 Å². The average molecular weight is 532 g/mol. The summed E-state index contributed by atoms with van der Waals surface area (Å²) in [7, 11) is 0. The highest BCUT2D eigenvalue weighted by molar-refractivity contribution is 6.05. The minimum absolute atomic E-state index is 0.228. The van der Waals surface area contributed by atoms with Gasteiger partial charge >= 0.3 is 0 Å². The Morgan fingerprint density at radius 1 is 0.707 bits per heavy atom. The van der Waals surface area contributed by atoms with Gasteiger partial charge in [-0.05, 0) is 83.5 Å². The fraction of sp³-hybridized carbons (Fsp3) is 0.128. The van der Waals surface area contributed by atoms with Gasteiger partial charge in [0.15, 0.2) is 0 Å². The highest BCUT2D eigenvalue weighted by Crippen LogP contribution is 2.34. The van der Waals surface area contributed by atoms with Crippen molar-refractivity contribution in [2.24, 2.45) is 0 Å². The molecule has 3 aromatic carbocycles. The predicted molar refractivity (Wildman–Crippen MR) is 174 cm³/mol. The molecule has 0 spiro atoms. The summed E-state index contributed by atoms with van der Waals surface area (Å²) in [6.07, 6.45) is 30.9. The normalized spacial score (nSPS) is 24.9. The first kappa shape index (κ1) is 25.2. The number of hydrogen-bond donors (Lipinski definition) is 1. The predicted octanol–water partition coefficient (Wildman–Crippen LogP) is 10.7. The minimum atomic E-state index is 0.228. The van der Waals surface area contributed by atoms with Crippen LogP contribution in [0.25, 0.3) is 27.5 Å². The molecule has 41 heavy (non-hydrogen) atoms. The molecule has 1 N–H and O–H groups in total. The lowest BCUT2D eigenvalue weighted by Crippen LogP contribution is -2.01. The number of nitrogens with one attached hydrogen (secondary N) is 1. The van der Waals surface area contributed by atoms with E-state index in [1.54, 1.807) is 0 Å². The molecule has 2 nitrogen and oxygen atoms in total. The number of para-hydroxylation sites is 1. The van der Waals surface area contributed by atoms with Crippen molar-refractivity contribution in [2.45, 2.75) is 31.6 Å². The molecule has 3 aliphatic carbocycles. The number of fused-ring (bicyclic) bond motifs is 4. The molecule has 7 rings (SSSR count). The van der Waals surface area contributed by atoms with Crippen LogP contribution in [-0.2, 0) is 0 Å². The third-order valence-corrected chi connectivity index (χ3v) is 8.11. The van der Waals surface area contributed by atoms with E-state index in [0.717, 1.165) is 42.5 Å². The van der Waals surface area contributed by atoms with E-state index in [1.807, 2.05) is 12.1 Å². The Hall–Kier alpha value is -4.82. The van der Waals surface area contributed by atoms with Crippen molar-refractivity contribution < 1.29 is 4.42 Å². The minimum Gasteiger partial charge on any atom is -0.456 e. The van der Waals surface area contributed by atoms with E-state index in [-0.39, 0.29) is 5.92 Å². The summed E-state index contributed by atoms with van der Waals surface area (Å²) in [5.41, 5.74) is 10.8. The summed E-state index contributed by atoms with van der Waals surface area (Å²) in [6, 6.07) is 23.7.